The third-order valence-electron chi connectivity index (χ3n) is 2.43. The Bertz CT molecular complexity index is 374. The number of nitrogens with one attached hydrogen (secondary N) is 1. The van der Waals surface area contributed by atoms with Crippen molar-refractivity contribution in [1.29, 1.82) is 0 Å². The maximum absolute atomic E-state index is 10.3. The Labute approximate surface area is 94.2 Å². The zero-order valence-electron chi connectivity index (χ0n) is 8.98. The summed E-state index contributed by atoms with van der Waals surface area (Å²) < 4.78 is 5.10. The van der Waals surface area contributed by atoms with Crippen molar-refractivity contribution in [3.63, 3.8) is 0 Å². The monoisotopic (exact) mass is 221 g/mol. The van der Waals surface area contributed by atoms with Gasteiger partial charge in [0.15, 0.2) is 6.61 Å². The molecule has 16 heavy (non-hydrogen) atoms. The van der Waals surface area contributed by atoms with Crippen LogP contribution in [-0.2, 0) is 11.3 Å². The van der Waals surface area contributed by atoms with Crippen molar-refractivity contribution in [2.75, 3.05) is 6.61 Å². The molecular weight excluding hydrogens is 206 g/mol. The lowest BCUT2D eigenvalue weighted by molar-refractivity contribution is -0.139. The first kappa shape index (κ1) is 11.0. The quantitative estimate of drug-likeness (QED) is 0.762. The van der Waals surface area contributed by atoms with Gasteiger partial charge in [-0.05, 0) is 30.5 Å². The molecule has 1 saturated carbocycles. The summed E-state index contributed by atoms with van der Waals surface area (Å²) >= 11 is 0. The highest BCUT2D eigenvalue weighted by atomic mass is 16.5. The van der Waals surface area contributed by atoms with Crippen molar-refractivity contribution in [3.8, 4) is 5.75 Å². The minimum absolute atomic E-state index is 0.292. The summed E-state index contributed by atoms with van der Waals surface area (Å²) in [6.07, 6.45) is 2.52. The van der Waals surface area contributed by atoms with Crippen LogP contribution < -0.4 is 10.1 Å². The van der Waals surface area contributed by atoms with Crippen molar-refractivity contribution < 1.29 is 14.6 Å². The molecule has 0 aromatic heterocycles. The number of rotatable bonds is 6. The molecule has 0 atom stereocenters. The van der Waals surface area contributed by atoms with Crippen LogP contribution in [0.3, 0.4) is 0 Å². The van der Waals surface area contributed by atoms with Gasteiger partial charge in [-0.15, -0.1) is 0 Å². The van der Waals surface area contributed by atoms with Crippen LogP contribution in [0.2, 0.25) is 0 Å². The second-order valence-electron chi connectivity index (χ2n) is 3.98. The van der Waals surface area contributed by atoms with E-state index in [-0.39, 0.29) is 6.61 Å². The summed E-state index contributed by atoms with van der Waals surface area (Å²) in [7, 11) is 0. The number of ether oxygens (including phenoxy) is 1. The Balaban J connectivity index is 1.87. The second-order valence-corrected chi connectivity index (χ2v) is 3.98. The van der Waals surface area contributed by atoms with Crippen LogP contribution in [0.1, 0.15) is 18.4 Å². The molecule has 0 spiro atoms. The van der Waals surface area contributed by atoms with Crippen LogP contribution in [-0.4, -0.2) is 23.7 Å². The van der Waals surface area contributed by atoms with E-state index in [2.05, 4.69) is 5.32 Å². The zero-order valence-corrected chi connectivity index (χ0v) is 8.98. The largest absolute Gasteiger partial charge is 0.482 e. The molecule has 4 heteroatoms. The third kappa shape index (κ3) is 3.55. The first-order chi connectivity index (χ1) is 7.74. The highest BCUT2D eigenvalue weighted by Gasteiger charge is 2.19. The molecule has 0 amide bonds. The van der Waals surface area contributed by atoms with Gasteiger partial charge in [0.2, 0.25) is 0 Å². The molecule has 0 bridgehead atoms. The molecule has 4 nitrogen and oxygen atoms in total. The maximum Gasteiger partial charge on any atom is 0.341 e. The van der Waals surface area contributed by atoms with Crippen LogP contribution in [0.25, 0.3) is 0 Å². The Morgan fingerprint density at radius 1 is 1.50 bits per heavy atom. The van der Waals surface area contributed by atoms with Crippen molar-refractivity contribution in [2.24, 2.45) is 0 Å². The Hall–Kier alpha value is -1.55. The first-order valence-electron chi connectivity index (χ1n) is 5.41. The highest BCUT2D eigenvalue weighted by molar-refractivity contribution is 5.68. The number of aliphatic carboxylic acids is 1. The summed E-state index contributed by atoms with van der Waals surface area (Å²) in [5, 5.41) is 11.9. The normalized spacial score (nSPS) is 14.8. The van der Waals surface area contributed by atoms with Crippen LogP contribution >= 0.6 is 0 Å². The van der Waals surface area contributed by atoms with E-state index in [0.29, 0.717) is 11.8 Å². The van der Waals surface area contributed by atoms with Crippen molar-refractivity contribution in [1.82, 2.24) is 5.32 Å². The number of hydrogen-bond acceptors (Lipinski definition) is 3. The molecule has 1 fully saturated rings. The van der Waals surface area contributed by atoms with Gasteiger partial charge in [-0.2, -0.15) is 0 Å². The van der Waals surface area contributed by atoms with Gasteiger partial charge in [-0.3, -0.25) is 0 Å². The van der Waals surface area contributed by atoms with Crippen LogP contribution in [0.15, 0.2) is 24.3 Å². The summed E-state index contributed by atoms with van der Waals surface area (Å²) in [6, 6.07) is 8.19. The summed E-state index contributed by atoms with van der Waals surface area (Å²) in [6.45, 7) is 0.522. The van der Waals surface area contributed by atoms with Gasteiger partial charge in [0.05, 0.1) is 0 Å². The Morgan fingerprint density at radius 3 is 3.00 bits per heavy atom. The Kier molecular flexibility index (Phi) is 3.41. The fraction of sp³-hybridized carbons (Fsp3) is 0.417. The topological polar surface area (TPSA) is 58.6 Å². The predicted molar refractivity (Wildman–Crippen MR) is 59.4 cm³/mol. The van der Waals surface area contributed by atoms with Gasteiger partial charge in [-0.25, -0.2) is 4.79 Å². The van der Waals surface area contributed by atoms with Gasteiger partial charge in [-0.1, -0.05) is 12.1 Å². The molecule has 0 aliphatic heterocycles. The van der Waals surface area contributed by atoms with E-state index in [1.54, 1.807) is 6.07 Å². The Morgan fingerprint density at radius 2 is 2.31 bits per heavy atom. The molecule has 2 rings (SSSR count). The molecule has 1 aliphatic carbocycles. The number of carboxylic acid groups (broad SMARTS) is 1. The fourth-order valence-corrected chi connectivity index (χ4v) is 1.44. The van der Waals surface area contributed by atoms with E-state index in [1.807, 2.05) is 18.2 Å². The molecule has 0 saturated heterocycles. The molecule has 0 heterocycles. The lowest BCUT2D eigenvalue weighted by Gasteiger charge is -2.06. The van der Waals surface area contributed by atoms with E-state index in [1.165, 1.54) is 12.8 Å². The summed E-state index contributed by atoms with van der Waals surface area (Å²) in [5.74, 6) is -0.348. The van der Waals surface area contributed by atoms with E-state index in [0.717, 1.165) is 12.1 Å². The van der Waals surface area contributed by atoms with Gasteiger partial charge < -0.3 is 15.2 Å². The van der Waals surface area contributed by atoms with Crippen LogP contribution in [0, 0.1) is 0 Å². The van der Waals surface area contributed by atoms with E-state index >= 15 is 0 Å². The highest BCUT2D eigenvalue weighted by Crippen LogP contribution is 2.20. The second kappa shape index (κ2) is 4.99. The minimum atomic E-state index is -0.957. The third-order valence-corrected chi connectivity index (χ3v) is 2.43. The predicted octanol–water partition coefficient (Wildman–Crippen LogP) is 1.40. The van der Waals surface area contributed by atoms with E-state index < -0.39 is 5.97 Å². The molecule has 86 valence electrons. The average Bonchev–Trinajstić information content (AvgIpc) is 3.08. The molecule has 0 unspecified atom stereocenters. The van der Waals surface area contributed by atoms with Gasteiger partial charge in [0.1, 0.15) is 5.75 Å². The fourth-order valence-electron chi connectivity index (χ4n) is 1.44. The molecule has 2 N–H and O–H groups in total. The van der Waals surface area contributed by atoms with Gasteiger partial charge >= 0.3 is 5.97 Å². The lowest BCUT2D eigenvalue weighted by Crippen LogP contribution is -2.15. The molecule has 1 aromatic rings. The number of carbonyl (C=O) groups is 1. The summed E-state index contributed by atoms with van der Waals surface area (Å²) in [5.41, 5.74) is 1.12. The van der Waals surface area contributed by atoms with Crippen molar-refractivity contribution in [3.05, 3.63) is 29.8 Å². The van der Waals surface area contributed by atoms with Crippen molar-refractivity contribution >= 4 is 5.97 Å². The summed E-state index contributed by atoms with van der Waals surface area (Å²) in [4.78, 5) is 10.3. The smallest absolute Gasteiger partial charge is 0.341 e. The molecule has 0 radical (unpaired) electrons. The standard InChI is InChI=1S/C12H15NO3/c14-12(15)8-16-11-3-1-2-9(6-11)7-13-10-4-5-10/h1-3,6,10,13H,4-5,7-8H2,(H,14,15). The minimum Gasteiger partial charge on any atom is -0.482 e. The van der Waals surface area contributed by atoms with Crippen molar-refractivity contribution in [2.45, 2.75) is 25.4 Å². The van der Waals surface area contributed by atoms with E-state index in [4.69, 9.17) is 9.84 Å². The molecule has 1 aromatic carbocycles. The molecular formula is C12H15NO3. The van der Waals surface area contributed by atoms with Crippen LogP contribution in [0.5, 0.6) is 5.75 Å². The maximum atomic E-state index is 10.3. The lowest BCUT2D eigenvalue weighted by atomic mass is 10.2. The van der Waals surface area contributed by atoms with E-state index in [9.17, 15) is 4.79 Å². The van der Waals surface area contributed by atoms with Gasteiger partial charge in [0, 0.05) is 12.6 Å². The number of hydrogen-bond donors (Lipinski definition) is 2. The zero-order chi connectivity index (χ0) is 11.4. The SMILES string of the molecule is O=C(O)COc1cccc(CNC2CC2)c1. The molecule has 1 aliphatic rings. The average molecular weight is 221 g/mol. The first-order valence-corrected chi connectivity index (χ1v) is 5.41. The van der Waals surface area contributed by atoms with Crippen LogP contribution in [0.4, 0.5) is 0 Å². The van der Waals surface area contributed by atoms with Gasteiger partial charge in [0.25, 0.3) is 0 Å². The number of benzene rings is 1. The number of carboxylic acids is 1.